The van der Waals surface area contributed by atoms with Crippen molar-refractivity contribution in [1.82, 2.24) is 9.97 Å². The third-order valence-corrected chi connectivity index (χ3v) is 1.66. The van der Waals surface area contributed by atoms with Gasteiger partial charge in [-0.1, -0.05) is 11.6 Å². The van der Waals surface area contributed by atoms with E-state index in [4.69, 9.17) is 21.1 Å². The fraction of sp³-hybridized carbons (Fsp3) is 0.429. The van der Waals surface area contributed by atoms with E-state index in [1.54, 1.807) is 0 Å². The van der Waals surface area contributed by atoms with Crippen molar-refractivity contribution in [3.63, 3.8) is 0 Å². The molecule has 0 N–H and O–H groups in total. The van der Waals surface area contributed by atoms with Crippen molar-refractivity contribution in [2.24, 2.45) is 0 Å². The van der Waals surface area contributed by atoms with Crippen LogP contribution in [0.3, 0.4) is 0 Å². The van der Waals surface area contributed by atoms with E-state index in [9.17, 15) is 0 Å². The predicted octanol–water partition coefficient (Wildman–Crippen LogP) is 0.908. The Morgan fingerprint density at radius 2 is 2.33 bits per heavy atom. The first kappa shape index (κ1) is 7.76. The number of aromatic nitrogens is 2. The molecule has 2 rings (SSSR count). The molecule has 1 saturated heterocycles. The topological polar surface area (TPSA) is 44.2 Å². The Morgan fingerprint density at radius 1 is 1.50 bits per heavy atom. The zero-order chi connectivity index (χ0) is 8.39. The second kappa shape index (κ2) is 3.25. The van der Waals surface area contributed by atoms with Crippen LogP contribution in [-0.2, 0) is 4.74 Å². The lowest BCUT2D eigenvalue weighted by Crippen LogP contribution is -2.38. The van der Waals surface area contributed by atoms with Gasteiger partial charge in [-0.2, -0.15) is 4.98 Å². The van der Waals surface area contributed by atoms with Gasteiger partial charge in [0.25, 0.3) is 0 Å². The van der Waals surface area contributed by atoms with Gasteiger partial charge < -0.3 is 9.47 Å². The molecule has 1 aromatic rings. The Morgan fingerprint density at radius 3 is 2.92 bits per heavy atom. The zero-order valence-corrected chi connectivity index (χ0v) is 6.99. The number of ether oxygens (including phenoxy) is 2. The summed E-state index contributed by atoms with van der Waals surface area (Å²) in [4.78, 5) is 7.76. The lowest BCUT2D eigenvalue weighted by atomic mass is 10.3. The highest BCUT2D eigenvalue weighted by Crippen LogP contribution is 2.13. The molecule has 0 bridgehead atoms. The fourth-order valence-electron chi connectivity index (χ4n) is 0.835. The van der Waals surface area contributed by atoms with Gasteiger partial charge in [-0.25, -0.2) is 0 Å². The Bertz CT molecular complexity index is 278. The highest BCUT2D eigenvalue weighted by molar-refractivity contribution is 6.29. The molecular formula is C7H7ClN2O2. The molecule has 4 nitrogen and oxygen atoms in total. The molecule has 12 heavy (non-hydrogen) atoms. The van der Waals surface area contributed by atoms with E-state index in [0.717, 1.165) is 0 Å². The maximum absolute atomic E-state index is 5.60. The van der Waals surface area contributed by atoms with Crippen molar-refractivity contribution in [1.29, 1.82) is 0 Å². The Labute approximate surface area is 74.5 Å². The molecule has 0 unspecified atom stereocenters. The summed E-state index contributed by atoms with van der Waals surface area (Å²) in [5.74, 6) is 0.454. The van der Waals surface area contributed by atoms with Gasteiger partial charge in [-0.3, -0.25) is 4.98 Å². The van der Waals surface area contributed by atoms with Crippen LogP contribution in [0.4, 0.5) is 0 Å². The minimum Gasteiger partial charge on any atom is -0.468 e. The van der Waals surface area contributed by atoms with Gasteiger partial charge >= 0.3 is 0 Å². The van der Waals surface area contributed by atoms with Gasteiger partial charge in [-0.15, -0.1) is 0 Å². The fourth-order valence-corrected chi connectivity index (χ4v) is 0.975. The molecule has 0 spiro atoms. The SMILES string of the molecule is Clc1cncc(OC2COC2)n1. The van der Waals surface area contributed by atoms with Gasteiger partial charge in [-0.05, 0) is 0 Å². The van der Waals surface area contributed by atoms with E-state index >= 15 is 0 Å². The van der Waals surface area contributed by atoms with Gasteiger partial charge in [0, 0.05) is 0 Å². The number of hydrogen-bond acceptors (Lipinski definition) is 4. The van der Waals surface area contributed by atoms with Crippen LogP contribution >= 0.6 is 11.6 Å². The van der Waals surface area contributed by atoms with Gasteiger partial charge in [0.05, 0.1) is 25.6 Å². The quantitative estimate of drug-likeness (QED) is 0.689. The van der Waals surface area contributed by atoms with Gasteiger partial charge in [0.1, 0.15) is 6.10 Å². The minimum absolute atomic E-state index is 0.109. The molecule has 2 heterocycles. The van der Waals surface area contributed by atoms with Crippen LogP contribution < -0.4 is 4.74 Å². The van der Waals surface area contributed by atoms with E-state index < -0.39 is 0 Å². The molecule has 0 atom stereocenters. The molecule has 1 aliphatic rings. The van der Waals surface area contributed by atoms with E-state index in [-0.39, 0.29) is 6.10 Å². The van der Waals surface area contributed by atoms with Crippen LogP contribution in [0.1, 0.15) is 0 Å². The summed E-state index contributed by atoms with van der Waals surface area (Å²) in [7, 11) is 0. The van der Waals surface area contributed by atoms with Crippen LogP contribution in [0, 0.1) is 0 Å². The van der Waals surface area contributed by atoms with Crippen molar-refractivity contribution < 1.29 is 9.47 Å². The van der Waals surface area contributed by atoms with E-state index in [2.05, 4.69) is 9.97 Å². The van der Waals surface area contributed by atoms with Crippen LogP contribution in [0.25, 0.3) is 0 Å². The Kier molecular flexibility index (Phi) is 2.10. The average Bonchev–Trinajstić information content (AvgIpc) is 1.97. The van der Waals surface area contributed by atoms with Crippen LogP contribution in [0.15, 0.2) is 12.4 Å². The lowest BCUT2D eigenvalue weighted by molar-refractivity contribution is -0.0814. The zero-order valence-electron chi connectivity index (χ0n) is 6.24. The van der Waals surface area contributed by atoms with Gasteiger partial charge in [0.15, 0.2) is 5.15 Å². The molecule has 1 fully saturated rings. The van der Waals surface area contributed by atoms with Crippen LogP contribution in [0.2, 0.25) is 5.15 Å². The predicted molar refractivity (Wildman–Crippen MR) is 42.3 cm³/mol. The highest BCUT2D eigenvalue weighted by Gasteiger charge is 2.20. The Balaban J connectivity index is 2.02. The van der Waals surface area contributed by atoms with Gasteiger partial charge in [0.2, 0.25) is 5.88 Å². The Hall–Kier alpha value is -0.870. The summed E-state index contributed by atoms with van der Waals surface area (Å²) in [6, 6.07) is 0. The third-order valence-electron chi connectivity index (χ3n) is 1.48. The molecule has 64 valence electrons. The monoisotopic (exact) mass is 186 g/mol. The largest absolute Gasteiger partial charge is 0.468 e. The smallest absolute Gasteiger partial charge is 0.234 e. The highest BCUT2D eigenvalue weighted by atomic mass is 35.5. The van der Waals surface area contributed by atoms with E-state index in [1.807, 2.05) is 0 Å². The summed E-state index contributed by atoms with van der Waals surface area (Å²) >= 11 is 5.60. The first-order valence-corrected chi connectivity index (χ1v) is 3.94. The third kappa shape index (κ3) is 1.65. The first-order chi connectivity index (χ1) is 5.84. The van der Waals surface area contributed by atoms with Crippen molar-refractivity contribution >= 4 is 11.6 Å². The molecular weight excluding hydrogens is 180 g/mol. The molecule has 0 amide bonds. The summed E-state index contributed by atoms with van der Waals surface area (Å²) in [6.45, 7) is 1.24. The maximum atomic E-state index is 5.60. The summed E-state index contributed by atoms with van der Waals surface area (Å²) in [5.41, 5.74) is 0. The number of halogens is 1. The van der Waals surface area contributed by atoms with Crippen molar-refractivity contribution in [2.45, 2.75) is 6.10 Å². The van der Waals surface area contributed by atoms with Crippen molar-refractivity contribution in [3.05, 3.63) is 17.5 Å². The first-order valence-electron chi connectivity index (χ1n) is 3.56. The maximum Gasteiger partial charge on any atom is 0.234 e. The van der Waals surface area contributed by atoms with E-state index in [1.165, 1.54) is 12.4 Å². The summed E-state index contributed by atoms with van der Waals surface area (Å²) < 4.78 is 10.3. The molecule has 1 aliphatic heterocycles. The number of rotatable bonds is 2. The molecule has 0 radical (unpaired) electrons. The molecule has 0 aromatic carbocycles. The second-order valence-electron chi connectivity index (χ2n) is 2.46. The van der Waals surface area contributed by atoms with Crippen molar-refractivity contribution in [2.75, 3.05) is 13.2 Å². The molecule has 0 saturated carbocycles. The standard InChI is InChI=1S/C7H7ClN2O2/c8-6-1-9-2-7(10-6)12-5-3-11-4-5/h1-2,5H,3-4H2. The summed E-state index contributed by atoms with van der Waals surface area (Å²) in [6.07, 6.45) is 3.10. The lowest BCUT2D eigenvalue weighted by Gasteiger charge is -2.25. The molecule has 0 aliphatic carbocycles. The van der Waals surface area contributed by atoms with Crippen LogP contribution in [-0.4, -0.2) is 29.3 Å². The number of nitrogens with zero attached hydrogens (tertiary/aromatic N) is 2. The number of hydrogen-bond donors (Lipinski definition) is 0. The van der Waals surface area contributed by atoms with E-state index in [0.29, 0.717) is 24.2 Å². The minimum atomic E-state index is 0.109. The molecule has 5 heteroatoms. The van der Waals surface area contributed by atoms with Crippen LogP contribution in [0.5, 0.6) is 5.88 Å². The van der Waals surface area contributed by atoms with Crippen molar-refractivity contribution in [3.8, 4) is 5.88 Å². The second-order valence-corrected chi connectivity index (χ2v) is 2.84. The normalized spacial score (nSPS) is 17.1. The molecule has 1 aromatic heterocycles. The summed E-state index contributed by atoms with van der Waals surface area (Å²) in [5, 5.41) is 0.341. The average molecular weight is 187 g/mol.